The number of rotatable bonds is 1. The van der Waals surface area contributed by atoms with Crippen LogP contribution in [-0.4, -0.2) is 14.9 Å². The average Bonchev–Trinajstić information content (AvgIpc) is 2.53. The van der Waals surface area contributed by atoms with Gasteiger partial charge in [-0.25, -0.2) is 0 Å². The SMILES string of the molecule is OC1(c2[nH]c(Br)c(Br)c2Br)C=CC(Br)=CC1Br. The zero-order chi connectivity index (χ0) is 12.8. The largest absolute Gasteiger partial charge is 0.378 e. The number of aromatic nitrogens is 1. The zero-order valence-corrected chi connectivity index (χ0v) is 16.1. The Bertz CT molecular complexity index is 521. The summed E-state index contributed by atoms with van der Waals surface area (Å²) in [4.78, 5) is 2.90. The summed E-state index contributed by atoms with van der Waals surface area (Å²) in [5, 5.41) is 10.7. The van der Waals surface area contributed by atoms with Gasteiger partial charge in [-0.1, -0.05) is 37.9 Å². The molecule has 0 saturated carbocycles. The topological polar surface area (TPSA) is 36.0 Å². The highest BCUT2D eigenvalue weighted by molar-refractivity contribution is 9.14. The molecule has 0 aromatic carbocycles. The number of halogens is 5. The summed E-state index contributed by atoms with van der Waals surface area (Å²) < 4.78 is 3.37. The normalized spacial score (nSPS) is 28.4. The van der Waals surface area contributed by atoms with Gasteiger partial charge in [0, 0.05) is 4.48 Å². The number of H-pyrrole nitrogens is 1. The third-order valence-corrected chi connectivity index (χ3v) is 7.20. The molecule has 1 aromatic rings. The summed E-state index contributed by atoms with van der Waals surface area (Å²) in [5.74, 6) is 0. The Hall–Kier alpha value is 1.12. The van der Waals surface area contributed by atoms with Crippen molar-refractivity contribution in [2.24, 2.45) is 0 Å². The number of nitrogens with one attached hydrogen (secondary N) is 1. The molecule has 0 amide bonds. The summed E-state index contributed by atoms with van der Waals surface area (Å²) in [6, 6.07) is 0. The van der Waals surface area contributed by atoms with E-state index in [2.05, 4.69) is 84.6 Å². The summed E-state index contributed by atoms with van der Waals surface area (Å²) in [6.07, 6.45) is 5.47. The minimum absolute atomic E-state index is 0.219. The van der Waals surface area contributed by atoms with Gasteiger partial charge in [0.05, 0.1) is 24.1 Å². The van der Waals surface area contributed by atoms with Gasteiger partial charge in [0.25, 0.3) is 0 Å². The van der Waals surface area contributed by atoms with Crippen LogP contribution in [-0.2, 0) is 5.60 Å². The molecule has 17 heavy (non-hydrogen) atoms. The molecule has 0 fully saturated rings. The molecule has 0 aliphatic heterocycles. The number of allylic oxidation sites excluding steroid dienone is 2. The van der Waals surface area contributed by atoms with Gasteiger partial charge in [0.15, 0.2) is 0 Å². The van der Waals surface area contributed by atoms with Crippen molar-refractivity contribution < 1.29 is 5.11 Å². The van der Waals surface area contributed by atoms with Crippen LogP contribution in [0, 0.1) is 0 Å². The molecule has 2 atom stereocenters. The molecule has 1 aliphatic rings. The van der Waals surface area contributed by atoms with Crippen molar-refractivity contribution in [2.45, 2.75) is 10.4 Å². The van der Waals surface area contributed by atoms with Crippen LogP contribution >= 0.6 is 79.6 Å². The van der Waals surface area contributed by atoms with Gasteiger partial charge in [-0.15, -0.1) is 0 Å². The monoisotopic (exact) mass is 551 g/mol. The lowest BCUT2D eigenvalue weighted by Crippen LogP contribution is -2.35. The first-order valence-corrected chi connectivity index (χ1v) is 8.61. The van der Waals surface area contributed by atoms with Gasteiger partial charge < -0.3 is 10.1 Å². The molecule has 1 aromatic heterocycles. The lowest BCUT2D eigenvalue weighted by molar-refractivity contribution is 0.0938. The Labute approximate surface area is 141 Å². The Morgan fingerprint density at radius 1 is 1.18 bits per heavy atom. The predicted molar refractivity (Wildman–Crippen MR) is 86.7 cm³/mol. The minimum atomic E-state index is -1.12. The van der Waals surface area contributed by atoms with Crippen LogP contribution in [0.25, 0.3) is 0 Å². The number of aliphatic hydroxyl groups is 1. The van der Waals surface area contributed by atoms with Gasteiger partial charge >= 0.3 is 0 Å². The fraction of sp³-hybridized carbons (Fsp3) is 0.200. The average molecular weight is 556 g/mol. The first-order chi connectivity index (χ1) is 7.86. The Kier molecular flexibility index (Phi) is 4.48. The molecule has 0 saturated heterocycles. The highest BCUT2D eigenvalue weighted by Crippen LogP contribution is 2.44. The van der Waals surface area contributed by atoms with Crippen molar-refractivity contribution in [3.63, 3.8) is 0 Å². The van der Waals surface area contributed by atoms with Crippen LogP contribution in [0.5, 0.6) is 0 Å². The molecule has 7 heteroatoms. The van der Waals surface area contributed by atoms with Gasteiger partial charge in [0.2, 0.25) is 0 Å². The number of alkyl halides is 1. The Morgan fingerprint density at radius 2 is 1.82 bits per heavy atom. The summed E-state index contributed by atoms with van der Waals surface area (Å²) in [6.45, 7) is 0. The van der Waals surface area contributed by atoms with E-state index in [-0.39, 0.29) is 4.83 Å². The predicted octanol–water partition coefficient (Wildman–Crippen LogP) is 5.10. The first kappa shape index (κ1) is 14.5. The van der Waals surface area contributed by atoms with Crippen LogP contribution in [0.4, 0.5) is 0 Å². The quantitative estimate of drug-likeness (QED) is 0.465. The second kappa shape index (κ2) is 5.25. The van der Waals surface area contributed by atoms with E-state index >= 15 is 0 Å². The Morgan fingerprint density at radius 3 is 2.29 bits per heavy atom. The molecule has 1 heterocycles. The molecule has 2 unspecified atom stereocenters. The van der Waals surface area contributed by atoms with Crippen LogP contribution in [0.1, 0.15) is 5.69 Å². The maximum atomic E-state index is 10.7. The van der Waals surface area contributed by atoms with Crippen molar-refractivity contribution in [3.05, 3.63) is 42.0 Å². The summed E-state index contributed by atoms with van der Waals surface area (Å²) >= 11 is 17.1. The molecule has 2 N–H and O–H groups in total. The third kappa shape index (κ3) is 2.56. The lowest BCUT2D eigenvalue weighted by Gasteiger charge is -2.30. The van der Waals surface area contributed by atoms with Crippen molar-refractivity contribution in [1.29, 1.82) is 0 Å². The van der Waals surface area contributed by atoms with Gasteiger partial charge in [-0.3, -0.25) is 0 Å². The minimum Gasteiger partial charge on any atom is -0.378 e. The number of aromatic amines is 1. The molecule has 92 valence electrons. The highest BCUT2D eigenvalue weighted by Gasteiger charge is 2.39. The standard InChI is InChI=1S/C10H6Br5NO/c11-4-1-2-10(17,5(12)3-4)8-6(13)7(14)9(15)16-8/h1-3,5,16-17H. The highest BCUT2D eigenvalue weighted by atomic mass is 79.9. The second-order valence-corrected chi connectivity index (χ2v) is 7.84. The molecule has 2 rings (SSSR count). The maximum absolute atomic E-state index is 10.7. The second-order valence-electron chi connectivity index (χ2n) is 3.55. The first-order valence-electron chi connectivity index (χ1n) is 4.52. The van der Waals surface area contributed by atoms with Crippen LogP contribution in [0.15, 0.2) is 36.3 Å². The fourth-order valence-corrected chi connectivity index (χ4v) is 4.54. The van der Waals surface area contributed by atoms with Crippen LogP contribution in [0.2, 0.25) is 0 Å². The van der Waals surface area contributed by atoms with E-state index in [1.54, 1.807) is 6.08 Å². The fourth-order valence-electron chi connectivity index (χ4n) is 1.54. The molecule has 1 aliphatic carbocycles. The van der Waals surface area contributed by atoms with Crippen molar-refractivity contribution >= 4 is 79.6 Å². The van der Waals surface area contributed by atoms with Gasteiger partial charge in [-0.05, 0) is 59.9 Å². The van der Waals surface area contributed by atoms with E-state index in [1.165, 1.54) is 0 Å². The molecular formula is C10H6Br5NO. The van der Waals surface area contributed by atoms with E-state index in [1.807, 2.05) is 12.2 Å². The molecular weight excluding hydrogens is 550 g/mol. The third-order valence-electron chi connectivity index (χ3n) is 2.46. The van der Waals surface area contributed by atoms with Crippen LogP contribution < -0.4 is 0 Å². The molecule has 2 nitrogen and oxygen atoms in total. The smallest absolute Gasteiger partial charge is 0.140 e. The van der Waals surface area contributed by atoms with Gasteiger partial charge in [0.1, 0.15) is 5.60 Å². The van der Waals surface area contributed by atoms with Crippen molar-refractivity contribution in [3.8, 4) is 0 Å². The number of hydrogen-bond acceptors (Lipinski definition) is 1. The van der Waals surface area contributed by atoms with E-state index in [9.17, 15) is 5.11 Å². The molecule has 0 spiro atoms. The van der Waals surface area contributed by atoms with E-state index in [0.29, 0.717) is 5.69 Å². The van der Waals surface area contributed by atoms with Crippen LogP contribution in [0.3, 0.4) is 0 Å². The lowest BCUT2D eigenvalue weighted by atomic mass is 9.92. The maximum Gasteiger partial charge on any atom is 0.140 e. The van der Waals surface area contributed by atoms with E-state index in [4.69, 9.17) is 0 Å². The summed E-state index contributed by atoms with van der Waals surface area (Å²) in [7, 11) is 0. The van der Waals surface area contributed by atoms with Crippen molar-refractivity contribution in [2.75, 3.05) is 0 Å². The van der Waals surface area contributed by atoms with E-state index in [0.717, 1.165) is 18.0 Å². The zero-order valence-electron chi connectivity index (χ0n) is 8.15. The van der Waals surface area contributed by atoms with Gasteiger partial charge in [-0.2, -0.15) is 0 Å². The molecule has 0 bridgehead atoms. The Balaban J connectivity index is 2.53. The number of hydrogen-bond donors (Lipinski definition) is 2. The molecule has 0 radical (unpaired) electrons. The van der Waals surface area contributed by atoms with Crippen molar-refractivity contribution in [1.82, 2.24) is 4.98 Å². The van der Waals surface area contributed by atoms with E-state index < -0.39 is 5.60 Å². The summed E-state index contributed by atoms with van der Waals surface area (Å²) in [5.41, 5.74) is -0.435.